The second-order valence-corrected chi connectivity index (χ2v) is 8.67. The summed E-state index contributed by atoms with van der Waals surface area (Å²) in [5.41, 5.74) is 7.98. The van der Waals surface area contributed by atoms with Crippen LogP contribution in [-0.4, -0.2) is 35.8 Å². The third-order valence-corrected chi connectivity index (χ3v) is 6.63. The lowest BCUT2D eigenvalue weighted by Crippen LogP contribution is -2.21. The van der Waals surface area contributed by atoms with E-state index in [1.54, 1.807) is 26.4 Å². The fraction of sp³-hybridized carbons (Fsp3) is 0.520. The highest BCUT2D eigenvalue weighted by Crippen LogP contribution is 2.41. The maximum absolute atomic E-state index is 12.0. The van der Waals surface area contributed by atoms with E-state index in [0.29, 0.717) is 29.5 Å². The Morgan fingerprint density at radius 2 is 1.88 bits per heavy atom. The Balaban J connectivity index is 2.12. The van der Waals surface area contributed by atoms with E-state index in [0.717, 1.165) is 17.7 Å². The summed E-state index contributed by atoms with van der Waals surface area (Å²) in [5, 5.41) is 9.84. The first-order valence-electron chi connectivity index (χ1n) is 11.3. The number of methoxy groups -OCH3 is 2. The number of ether oxygens (including phenoxy) is 2. The van der Waals surface area contributed by atoms with Crippen LogP contribution >= 0.6 is 0 Å². The van der Waals surface area contributed by atoms with Crippen molar-refractivity contribution in [2.45, 2.75) is 64.3 Å². The number of carboxylic acid groups (broad SMARTS) is 1. The van der Waals surface area contributed by atoms with Gasteiger partial charge in [0.25, 0.3) is 0 Å². The molecule has 1 aliphatic carbocycles. The number of carbonyl (C=O) groups excluding carboxylic acids is 1. The Kier molecular flexibility index (Phi) is 7.83. The molecule has 3 N–H and O–H groups in total. The van der Waals surface area contributed by atoms with Crippen LogP contribution in [0.3, 0.4) is 0 Å². The van der Waals surface area contributed by atoms with Crippen molar-refractivity contribution in [2.24, 2.45) is 11.7 Å². The van der Waals surface area contributed by atoms with Gasteiger partial charge in [-0.3, -0.25) is 4.79 Å². The van der Waals surface area contributed by atoms with E-state index in [2.05, 4.69) is 4.57 Å². The van der Waals surface area contributed by atoms with Gasteiger partial charge in [-0.05, 0) is 43.9 Å². The fourth-order valence-corrected chi connectivity index (χ4v) is 4.99. The molecule has 1 atom stereocenters. The highest BCUT2D eigenvalue weighted by Gasteiger charge is 2.28. The lowest BCUT2D eigenvalue weighted by atomic mass is 9.83. The average Bonchev–Trinajstić information content (AvgIpc) is 3.13. The number of nitrogens with zero attached hydrogens (tertiary/aromatic N) is 1. The minimum Gasteiger partial charge on any atom is -0.497 e. The third kappa shape index (κ3) is 5.26. The molecule has 0 aliphatic heterocycles. The number of carbonyl (C=O) groups is 2. The first kappa shape index (κ1) is 23.7. The van der Waals surface area contributed by atoms with Gasteiger partial charge in [-0.15, -0.1) is 0 Å². The molecule has 2 aromatic rings. The van der Waals surface area contributed by atoms with Gasteiger partial charge in [0.1, 0.15) is 11.5 Å². The van der Waals surface area contributed by atoms with E-state index in [1.807, 2.05) is 19.1 Å². The van der Waals surface area contributed by atoms with Crippen molar-refractivity contribution in [2.75, 3.05) is 14.2 Å². The molecule has 3 rings (SSSR count). The van der Waals surface area contributed by atoms with Crippen molar-refractivity contribution in [1.29, 1.82) is 0 Å². The molecule has 1 amide bonds. The lowest BCUT2D eigenvalue weighted by molar-refractivity contribution is -0.118. The molecular formula is C25H34N2O5. The van der Waals surface area contributed by atoms with Crippen LogP contribution in [0.2, 0.25) is 0 Å². The van der Waals surface area contributed by atoms with Crippen LogP contribution < -0.4 is 15.2 Å². The Hall–Kier alpha value is -2.96. The van der Waals surface area contributed by atoms with E-state index < -0.39 is 5.97 Å². The minimum atomic E-state index is -0.971. The summed E-state index contributed by atoms with van der Waals surface area (Å²) in [7, 11) is 3.18. The zero-order valence-electron chi connectivity index (χ0n) is 19.2. The summed E-state index contributed by atoms with van der Waals surface area (Å²) < 4.78 is 13.0. The molecule has 0 bridgehead atoms. The highest BCUT2D eigenvalue weighted by atomic mass is 16.5. The van der Waals surface area contributed by atoms with Crippen LogP contribution in [0.25, 0.3) is 11.3 Å². The number of primary amides is 1. The molecule has 174 valence electrons. The molecule has 1 saturated carbocycles. The Morgan fingerprint density at radius 1 is 1.16 bits per heavy atom. The number of rotatable bonds is 10. The molecule has 0 saturated heterocycles. The Morgan fingerprint density at radius 3 is 2.47 bits per heavy atom. The van der Waals surface area contributed by atoms with Crippen molar-refractivity contribution in [3.05, 3.63) is 35.5 Å². The lowest BCUT2D eigenvalue weighted by Gasteiger charge is -2.30. The van der Waals surface area contributed by atoms with E-state index in [9.17, 15) is 14.7 Å². The van der Waals surface area contributed by atoms with Crippen LogP contribution in [0, 0.1) is 12.8 Å². The average molecular weight is 443 g/mol. The largest absolute Gasteiger partial charge is 0.497 e. The van der Waals surface area contributed by atoms with Gasteiger partial charge in [-0.25, -0.2) is 4.79 Å². The standard InChI is InChI=1S/C25H34N2O5/c1-16-21(25(29)30)15-22(20-11-10-19(31-2)14-23(20)32-3)27(16)18(9-12-24(26)28)13-17-7-5-4-6-8-17/h10-11,14-15,17-18H,4-9,12-13H2,1-3H3,(H2,26,28)(H,29,30). The molecule has 1 fully saturated rings. The number of amides is 1. The summed E-state index contributed by atoms with van der Waals surface area (Å²) in [5.74, 6) is 0.506. The first-order valence-corrected chi connectivity index (χ1v) is 11.3. The molecule has 1 aromatic carbocycles. The molecule has 1 unspecified atom stereocenters. The summed E-state index contributed by atoms with van der Waals surface area (Å²) in [6, 6.07) is 7.20. The third-order valence-electron chi connectivity index (χ3n) is 6.63. The normalized spacial score (nSPS) is 15.3. The van der Waals surface area contributed by atoms with E-state index in [4.69, 9.17) is 15.2 Å². The van der Waals surface area contributed by atoms with Crippen molar-refractivity contribution in [1.82, 2.24) is 4.57 Å². The van der Waals surface area contributed by atoms with Gasteiger partial charge in [0.05, 0.1) is 25.5 Å². The van der Waals surface area contributed by atoms with Crippen LogP contribution in [0.15, 0.2) is 24.3 Å². The zero-order chi connectivity index (χ0) is 23.3. The van der Waals surface area contributed by atoms with Gasteiger partial charge < -0.3 is 24.9 Å². The smallest absolute Gasteiger partial charge is 0.337 e. The monoisotopic (exact) mass is 442 g/mol. The van der Waals surface area contributed by atoms with Crippen LogP contribution in [0.1, 0.15) is 73.5 Å². The van der Waals surface area contributed by atoms with Crippen LogP contribution in [-0.2, 0) is 4.79 Å². The molecule has 1 heterocycles. The molecule has 7 heteroatoms. The van der Waals surface area contributed by atoms with Crippen molar-refractivity contribution >= 4 is 11.9 Å². The van der Waals surface area contributed by atoms with E-state index >= 15 is 0 Å². The molecule has 1 aliphatic rings. The van der Waals surface area contributed by atoms with E-state index in [-0.39, 0.29) is 23.9 Å². The van der Waals surface area contributed by atoms with Gasteiger partial charge in [-0.1, -0.05) is 32.1 Å². The second kappa shape index (κ2) is 10.6. The zero-order valence-corrected chi connectivity index (χ0v) is 19.2. The molecule has 1 aromatic heterocycles. The quantitative estimate of drug-likeness (QED) is 0.541. The van der Waals surface area contributed by atoms with Gasteiger partial charge in [0.2, 0.25) is 5.91 Å². The number of hydrogen-bond donors (Lipinski definition) is 2. The Labute approximate surface area is 189 Å². The summed E-state index contributed by atoms with van der Waals surface area (Å²) in [6.07, 6.45) is 7.77. The number of carboxylic acids is 1. The van der Waals surface area contributed by atoms with Gasteiger partial charge >= 0.3 is 5.97 Å². The number of aromatic carboxylic acids is 1. The molecule has 32 heavy (non-hydrogen) atoms. The minimum absolute atomic E-state index is 0.0273. The summed E-state index contributed by atoms with van der Waals surface area (Å²) in [4.78, 5) is 23.7. The number of nitrogens with two attached hydrogens (primary N) is 1. The van der Waals surface area contributed by atoms with Crippen molar-refractivity contribution in [3.63, 3.8) is 0 Å². The fourth-order valence-electron chi connectivity index (χ4n) is 4.99. The number of aromatic nitrogens is 1. The molecule has 7 nitrogen and oxygen atoms in total. The molecular weight excluding hydrogens is 408 g/mol. The van der Waals surface area contributed by atoms with Gasteiger partial charge in [0.15, 0.2) is 0 Å². The summed E-state index contributed by atoms with van der Waals surface area (Å²) in [6.45, 7) is 1.83. The molecule has 0 spiro atoms. The van der Waals surface area contributed by atoms with Crippen molar-refractivity contribution < 1.29 is 24.2 Å². The first-order chi connectivity index (χ1) is 15.3. The number of benzene rings is 1. The SMILES string of the molecule is COc1ccc(-c2cc(C(=O)O)c(C)n2C(CCC(N)=O)CC2CCCCC2)c(OC)c1. The molecule has 0 radical (unpaired) electrons. The van der Waals surface area contributed by atoms with Gasteiger partial charge in [-0.2, -0.15) is 0 Å². The van der Waals surface area contributed by atoms with Crippen molar-refractivity contribution in [3.8, 4) is 22.8 Å². The highest BCUT2D eigenvalue weighted by molar-refractivity contribution is 5.91. The Bertz CT molecular complexity index is 959. The number of hydrogen-bond acceptors (Lipinski definition) is 4. The second-order valence-electron chi connectivity index (χ2n) is 8.67. The maximum atomic E-state index is 12.0. The topological polar surface area (TPSA) is 104 Å². The van der Waals surface area contributed by atoms with E-state index in [1.165, 1.54) is 32.1 Å². The predicted octanol–water partition coefficient (Wildman–Crippen LogP) is 4.96. The summed E-state index contributed by atoms with van der Waals surface area (Å²) >= 11 is 0. The van der Waals surface area contributed by atoms with Crippen LogP contribution in [0.4, 0.5) is 0 Å². The maximum Gasteiger partial charge on any atom is 0.337 e. The van der Waals surface area contributed by atoms with Gasteiger partial charge in [0, 0.05) is 29.8 Å². The predicted molar refractivity (Wildman–Crippen MR) is 123 cm³/mol. The van der Waals surface area contributed by atoms with Crippen LogP contribution in [0.5, 0.6) is 11.5 Å².